The molecule has 1 saturated heterocycles. The minimum absolute atomic E-state index is 0.0182. The molecule has 21 heavy (non-hydrogen) atoms. The summed E-state index contributed by atoms with van der Waals surface area (Å²) in [5.74, 6) is 0.0389. The number of hydrogen-bond donors (Lipinski definition) is 2. The van der Waals surface area contributed by atoms with E-state index in [1.165, 1.54) is 0 Å². The number of aliphatic hydroxyl groups is 1. The van der Waals surface area contributed by atoms with Gasteiger partial charge in [0.25, 0.3) is 0 Å². The van der Waals surface area contributed by atoms with E-state index in [1.807, 2.05) is 32.6 Å². The molecule has 0 bridgehead atoms. The van der Waals surface area contributed by atoms with Crippen LogP contribution >= 0.6 is 0 Å². The van der Waals surface area contributed by atoms with Gasteiger partial charge in [-0.15, -0.1) is 0 Å². The maximum atomic E-state index is 12.3. The summed E-state index contributed by atoms with van der Waals surface area (Å²) in [5.41, 5.74) is -0.105. The van der Waals surface area contributed by atoms with Crippen LogP contribution in [0.15, 0.2) is 0 Å². The first-order valence-corrected chi connectivity index (χ1v) is 7.94. The monoisotopic (exact) mass is 298 g/mol. The van der Waals surface area contributed by atoms with Crippen molar-refractivity contribution in [3.05, 3.63) is 0 Å². The van der Waals surface area contributed by atoms with Gasteiger partial charge in [0.15, 0.2) is 0 Å². The second-order valence-electron chi connectivity index (χ2n) is 7.13. The lowest BCUT2D eigenvalue weighted by atomic mass is 9.89. The summed E-state index contributed by atoms with van der Waals surface area (Å²) in [6.07, 6.45) is 2.39. The van der Waals surface area contributed by atoms with Gasteiger partial charge in [0, 0.05) is 32.2 Å². The molecular weight excluding hydrogens is 268 g/mol. The zero-order chi connectivity index (χ0) is 16.0. The van der Waals surface area contributed by atoms with Gasteiger partial charge in [-0.3, -0.25) is 9.59 Å². The third-order valence-corrected chi connectivity index (χ3v) is 4.13. The average Bonchev–Trinajstić information content (AvgIpc) is 2.44. The normalized spacial score (nSPS) is 19.7. The van der Waals surface area contributed by atoms with Gasteiger partial charge in [0.1, 0.15) is 0 Å². The standard InChI is InChI=1S/C16H30N2O3/c1-12(2)15(21)18-8-5-6-13(10-18)14(20)17-11-16(3,4)7-9-19/h12-13,19H,5-11H2,1-4H3,(H,17,20). The van der Waals surface area contributed by atoms with Gasteiger partial charge in [-0.05, 0) is 24.7 Å². The topological polar surface area (TPSA) is 69.6 Å². The molecule has 1 aliphatic rings. The van der Waals surface area contributed by atoms with Crippen LogP contribution in [0.25, 0.3) is 0 Å². The second-order valence-corrected chi connectivity index (χ2v) is 7.13. The first kappa shape index (κ1) is 18.0. The fourth-order valence-corrected chi connectivity index (χ4v) is 2.62. The molecule has 1 heterocycles. The Kier molecular flexibility index (Phi) is 6.65. The molecule has 0 aliphatic carbocycles. The SMILES string of the molecule is CC(C)C(=O)N1CCCC(C(=O)NCC(C)(C)CCO)C1. The molecule has 0 spiro atoms. The van der Waals surface area contributed by atoms with E-state index in [-0.39, 0.29) is 35.7 Å². The van der Waals surface area contributed by atoms with Crippen LogP contribution < -0.4 is 5.32 Å². The number of rotatable bonds is 6. The molecule has 2 N–H and O–H groups in total. The molecule has 0 saturated carbocycles. The molecule has 1 unspecified atom stereocenters. The van der Waals surface area contributed by atoms with E-state index in [1.54, 1.807) is 0 Å². The third kappa shape index (κ3) is 5.65. The maximum Gasteiger partial charge on any atom is 0.225 e. The van der Waals surface area contributed by atoms with Crippen molar-refractivity contribution in [3.63, 3.8) is 0 Å². The molecule has 1 aliphatic heterocycles. The van der Waals surface area contributed by atoms with Crippen LogP contribution in [0.2, 0.25) is 0 Å². The molecule has 1 rings (SSSR count). The number of piperidine rings is 1. The number of carbonyl (C=O) groups is 2. The molecule has 0 radical (unpaired) electrons. The number of carbonyl (C=O) groups excluding carboxylic acids is 2. The van der Waals surface area contributed by atoms with Gasteiger partial charge >= 0.3 is 0 Å². The molecule has 5 nitrogen and oxygen atoms in total. The average molecular weight is 298 g/mol. The summed E-state index contributed by atoms with van der Waals surface area (Å²) in [6, 6.07) is 0. The lowest BCUT2D eigenvalue weighted by molar-refractivity contribution is -0.138. The molecular formula is C16H30N2O3. The van der Waals surface area contributed by atoms with E-state index in [2.05, 4.69) is 5.32 Å². The zero-order valence-corrected chi connectivity index (χ0v) is 13.8. The fraction of sp³-hybridized carbons (Fsp3) is 0.875. The highest BCUT2D eigenvalue weighted by Crippen LogP contribution is 2.21. The Morgan fingerprint density at radius 1 is 1.38 bits per heavy atom. The van der Waals surface area contributed by atoms with Gasteiger partial charge in [0.05, 0.1) is 5.92 Å². The van der Waals surface area contributed by atoms with E-state index < -0.39 is 0 Å². The smallest absolute Gasteiger partial charge is 0.225 e. The van der Waals surface area contributed by atoms with Crippen molar-refractivity contribution in [2.45, 2.75) is 47.0 Å². The number of amides is 2. The Balaban J connectivity index is 2.49. The Hall–Kier alpha value is -1.10. The number of aliphatic hydroxyl groups excluding tert-OH is 1. The molecule has 0 aromatic heterocycles. The van der Waals surface area contributed by atoms with Crippen LogP contribution in [0, 0.1) is 17.3 Å². The number of likely N-dealkylation sites (tertiary alicyclic amines) is 1. The van der Waals surface area contributed by atoms with Crippen LogP contribution in [-0.4, -0.2) is 48.1 Å². The number of hydrogen-bond acceptors (Lipinski definition) is 3. The predicted molar refractivity (Wildman–Crippen MR) is 82.6 cm³/mol. The summed E-state index contributed by atoms with van der Waals surface area (Å²) >= 11 is 0. The van der Waals surface area contributed by atoms with E-state index in [4.69, 9.17) is 5.11 Å². The van der Waals surface area contributed by atoms with E-state index in [0.29, 0.717) is 19.5 Å². The summed E-state index contributed by atoms with van der Waals surface area (Å²) in [4.78, 5) is 26.1. The van der Waals surface area contributed by atoms with Crippen molar-refractivity contribution >= 4 is 11.8 Å². The van der Waals surface area contributed by atoms with Gasteiger partial charge in [-0.1, -0.05) is 27.7 Å². The highest BCUT2D eigenvalue weighted by Gasteiger charge is 2.30. The Morgan fingerprint density at radius 3 is 2.62 bits per heavy atom. The van der Waals surface area contributed by atoms with Crippen molar-refractivity contribution in [1.29, 1.82) is 0 Å². The first-order valence-electron chi connectivity index (χ1n) is 7.94. The molecule has 0 aromatic carbocycles. The Labute approximate surface area is 128 Å². The summed E-state index contributed by atoms with van der Waals surface area (Å²) in [7, 11) is 0. The largest absolute Gasteiger partial charge is 0.396 e. The molecule has 1 fully saturated rings. The van der Waals surface area contributed by atoms with E-state index in [0.717, 1.165) is 19.4 Å². The highest BCUT2D eigenvalue weighted by molar-refractivity contribution is 5.82. The van der Waals surface area contributed by atoms with Crippen molar-refractivity contribution in [1.82, 2.24) is 10.2 Å². The second kappa shape index (κ2) is 7.78. The van der Waals surface area contributed by atoms with Gasteiger partial charge in [-0.25, -0.2) is 0 Å². The fourth-order valence-electron chi connectivity index (χ4n) is 2.62. The maximum absolute atomic E-state index is 12.3. The van der Waals surface area contributed by atoms with Crippen molar-refractivity contribution in [3.8, 4) is 0 Å². The van der Waals surface area contributed by atoms with Crippen molar-refractivity contribution in [2.75, 3.05) is 26.2 Å². The summed E-state index contributed by atoms with van der Waals surface area (Å²) in [5, 5.41) is 12.0. The van der Waals surface area contributed by atoms with Crippen LogP contribution in [-0.2, 0) is 9.59 Å². The van der Waals surface area contributed by atoms with Crippen molar-refractivity contribution in [2.24, 2.45) is 17.3 Å². The molecule has 0 aromatic rings. The van der Waals surface area contributed by atoms with Gasteiger partial charge < -0.3 is 15.3 Å². The van der Waals surface area contributed by atoms with Crippen LogP contribution in [0.3, 0.4) is 0 Å². The quantitative estimate of drug-likeness (QED) is 0.779. The lowest BCUT2D eigenvalue weighted by Gasteiger charge is -2.34. The first-order chi connectivity index (χ1) is 9.76. The molecule has 1 atom stereocenters. The van der Waals surface area contributed by atoms with E-state index in [9.17, 15) is 9.59 Å². The summed E-state index contributed by atoms with van der Waals surface area (Å²) in [6.45, 7) is 9.81. The van der Waals surface area contributed by atoms with E-state index >= 15 is 0 Å². The minimum atomic E-state index is -0.105. The molecule has 2 amide bonds. The predicted octanol–water partition coefficient (Wildman–Crippen LogP) is 1.41. The van der Waals surface area contributed by atoms with Crippen LogP contribution in [0.1, 0.15) is 47.0 Å². The third-order valence-electron chi connectivity index (χ3n) is 4.13. The van der Waals surface area contributed by atoms with Crippen LogP contribution in [0.5, 0.6) is 0 Å². The van der Waals surface area contributed by atoms with Crippen molar-refractivity contribution < 1.29 is 14.7 Å². The molecule has 122 valence electrons. The lowest BCUT2D eigenvalue weighted by Crippen LogP contribution is -2.47. The van der Waals surface area contributed by atoms with Gasteiger partial charge in [0.2, 0.25) is 11.8 Å². The number of nitrogens with zero attached hydrogens (tertiary/aromatic N) is 1. The van der Waals surface area contributed by atoms with Crippen LogP contribution in [0.4, 0.5) is 0 Å². The minimum Gasteiger partial charge on any atom is -0.396 e. The molecule has 5 heteroatoms. The Morgan fingerprint density at radius 2 is 2.05 bits per heavy atom. The highest BCUT2D eigenvalue weighted by atomic mass is 16.3. The Bertz CT molecular complexity index is 367. The zero-order valence-electron chi connectivity index (χ0n) is 13.8. The number of nitrogens with one attached hydrogen (secondary N) is 1. The summed E-state index contributed by atoms with van der Waals surface area (Å²) < 4.78 is 0. The van der Waals surface area contributed by atoms with Gasteiger partial charge in [-0.2, -0.15) is 0 Å².